The van der Waals surface area contributed by atoms with E-state index in [0.29, 0.717) is 17.5 Å². The summed E-state index contributed by atoms with van der Waals surface area (Å²) in [5.41, 5.74) is 3.02. The Morgan fingerprint density at radius 2 is 1.10 bits per heavy atom. The number of pyridine rings is 2. The SMILES string of the molecule is Cc1nc(-c2cc[nH+]cc2)nc(-c2cc[nH+]c(C)c2)n1.F[B-](F)(F)F.F[B-](F)(F)F. The number of halogens is 8. The van der Waals surface area contributed by atoms with E-state index >= 15 is 0 Å². The Hall–Kier alpha value is -3.12. The van der Waals surface area contributed by atoms with Crippen molar-refractivity contribution in [3.05, 3.63) is 54.4 Å². The second-order valence-electron chi connectivity index (χ2n) is 5.57. The lowest BCUT2D eigenvalue weighted by Crippen LogP contribution is -2.07. The molecule has 0 fully saturated rings. The molecule has 0 amide bonds. The Kier molecular flexibility index (Phi) is 8.80. The van der Waals surface area contributed by atoms with Crippen molar-refractivity contribution in [1.29, 1.82) is 0 Å². The van der Waals surface area contributed by atoms with Crippen LogP contribution >= 0.6 is 0 Å². The molecule has 3 rings (SSSR count). The van der Waals surface area contributed by atoms with Crippen molar-refractivity contribution < 1.29 is 44.5 Å². The van der Waals surface area contributed by atoms with Gasteiger partial charge in [0.15, 0.2) is 35.9 Å². The van der Waals surface area contributed by atoms with Crippen LogP contribution in [0.4, 0.5) is 34.5 Å². The third-order valence-corrected chi connectivity index (χ3v) is 2.93. The first-order valence-corrected chi connectivity index (χ1v) is 8.15. The van der Waals surface area contributed by atoms with Gasteiger partial charge in [0.25, 0.3) is 0 Å². The highest BCUT2D eigenvalue weighted by Crippen LogP contribution is 2.18. The van der Waals surface area contributed by atoms with Crippen LogP contribution in [-0.2, 0) is 0 Å². The van der Waals surface area contributed by atoms with E-state index in [-0.39, 0.29) is 0 Å². The minimum Gasteiger partial charge on any atom is -0.418 e. The van der Waals surface area contributed by atoms with Gasteiger partial charge in [-0.2, -0.15) is 0 Å². The van der Waals surface area contributed by atoms with E-state index in [1.54, 1.807) is 0 Å². The summed E-state index contributed by atoms with van der Waals surface area (Å²) < 4.78 is 78.0. The summed E-state index contributed by atoms with van der Waals surface area (Å²) in [4.78, 5) is 19.5. The van der Waals surface area contributed by atoms with Crippen LogP contribution < -0.4 is 9.97 Å². The summed E-state index contributed by atoms with van der Waals surface area (Å²) in [6.07, 6.45) is 5.60. The number of aromatic nitrogens is 5. The average molecular weight is 439 g/mol. The Balaban J connectivity index is 0.000000378. The van der Waals surface area contributed by atoms with Gasteiger partial charge in [0.1, 0.15) is 5.82 Å². The lowest BCUT2D eigenvalue weighted by molar-refractivity contribution is -0.387. The maximum atomic E-state index is 9.75. The highest BCUT2D eigenvalue weighted by Gasteiger charge is 2.21. The normalized spacial score (nSPS) is 11.0. The molecule has 5 nitrogen and oxygen atoms in total. The van der Waals surface area contributed by atoms with Gasteiger partial charge in [-0.3, -0.25) is 0 Å². The summed E-state index contributed by atoms with van der Waals surface area (Å²) >= 11 is 0. The van der Waals surface area contributed by atoms with Crippen LogP contribution in [0.15, 0.2) is 42.9 Å². The quantitative estimate of drug-likeness (QED) is 0.447. The summed E-state index contributed by atoms with van der Waals surface area (Å²) in [6, 6.07) is 7.88. The van der Waals surface area contributed by atoms with E-state index < -0.39 is 14.5 Å². The van der Waals surface area contributed by atoms with Crippen molar-refractivity contribution >= 4 is 14.5 Å². The number of hydrogen-bond acceptors (Lipinski definition) is 3. The van der Waals surface area contributed by atoms with Crippen LogP contribution in [0.25, 0.3) is 22.8 Å². The van der Waals surface area contributed by atoms with Gasteiger partial charge in [-0.05, 0) is 6.92 Å². The Bertz CT molecular complexity index is 914. The third kappa shape index (κ3) is 11.7. The van der Waals surface area contributed by atoms with Crippen LogP contribution in [-0.4, -0.2) is 29.5 Å². The van der Waals surface area contributed by atoms with Crippen LogP contribution in [0.5, 0.6) is 0 Å². The third-order valence-electron chi connectivity index (χ3n) is 2.93. The zero-order chi connectivity index (χ0) is 22.9. The van der Waals surface area contributed by atoms with E-state index in [1.165, 1.54) is 0 Å². The summed E-state index contributed by atoms with van der Waals surface area (Å²) in [7, 11) is -12.0. The van der Waals surface area contributed by atoms with Crippen molar-refractivity contribution in [2.45, 2.75) is 13.8 Å². The van der Waals surface area contributed by atoms with E-state index in [9.17, 15) is 34.5 Å². The van der Waals surface area contributed by atoms with Crippen molar-refractivity contribution in [3.63, 3.8) is 0 Å². The molecule has 0 atom stereocenters. The number of nitrogens with one attached hydrogen (secondary N) is 2. The van der Waals surface area contributed by atoms with Crippen LogP contribution in [0.3, 0.4) is 0 Å². The van der Waals surface area contributed by atoms with Gasteiger partial charge in [0.2, 0.25) is 0 Å². The highest BCUT2D eigenvalue weighted by molar-refractivity contribution is 6.50. The molecule has 30 heavy (non-hydrogen) atoms. The molecule has 15 heteroatoms. The molecule has 162 valence electrons. The smallest absolute Gasteiger partial charge is 0.418 e. The zero-order valence-corrected chi connectivity index (χ0v) is 15.6. The molecule has 0 aliphatic carbocycles. The minimum atomic E-state index is -6.00. The number of aryl methyl sites for hydroxylation is 2. The minimum absolute atomic E-state index is 0.687. The van der Waals surface area contributed by atoms with Crippen LogP contribution in [0.1, 0.15) is 11.5 Å². The van der Waals surface area contributed by atoms with Crippen molar-refractivity contribution in [3.8, 4) is 22.8 Å². The molecular formula is C15H15B2F8N5. The molecule has 0 bridgehead atoms. The van der Waals surface area contributed by atoms with Gasteiger partial charge in [0.05, 0.1) is 0 Å². The topological polar surface area (TPSA) is 67.0 Å². The lowest BCUT2D eigenvalue weighted by Gasteiger charge is -2.04. The van der Waals surface area contributed by atoms with E-state index in [4.69, 9.17) is 0 Å². The fourth-order valence-electron chi connectivity index (χ4n) is 2.00. The Labute approximate surface area is 165 Å². The molecule has 2 N–H and O–H groups in total. The second kappa shape index (κ2) is 10.6. The first-order valence-electron chi connectivity index (χ1n) is 8.15. The number of nitrogens with zero attached hydrogens (tertiary/aromatic N) is 3. The lowest BCUT2D eigenvalue weighted by atomic mass is 10.2. The van der Waals surface area contributed by atoms with Gasteiger partial charge in [-0.1, -0.05) is 0 Å². The zero-order valence-electron chi connectivity index (χ0n) is 15.6. The molecular weight excluding hydrogens is 424 g/mol. The van der Waals surface area contributed by atoms with Crippen molar-refractivity contribution in [2.75, 3.05) is 0 Å². The fraction of sp³-hybridized carbons (Fsp3) is 0.133. The molecule has 3 heterocycles. The highest BCUT2D eigenvalue weighted by atomic mass is 19.5. The van der Waals surface area contributed by atoms with E-state index in [1.807, 2.05) is 56.7 Å². The Morgan fingerprint density at radius 3 is 1.57 bits per heavy atom. The molecule has 0 saturated heterocycles. The predicted octanol–water partition coefficient (Wildman–Crippen LogP) is 4.05. The largest absolute Gasteiger partial charge is 0.673 e. The number of aromatic amines is 2. The maximum Gasteiger partial charge on any atom is 0.673 e. The van der Waals surface area contributed by atoms with Gasteiger partial charge < -0.3 is 34.5 Å². The molecule has 0 aliphatic heterocycles. The van der Waals surface area contributed by atoms with Crippen molar-refractivity contribution in [2.24, 2.45) is 0 Å². The van der Waals surface area contributed by atoms with Crippen molar-refractivity contribution in [1.82, 2.24) is 15.0 Å². The molecule has 0 radical (unpaired) electrons. The number of H-pyrrole nitrogens is 2. The first kappa shape index (κ1) is 24.9. The average Bonchev–Trinajstić information content (AvgIpc) is 2.59. The summed E-state index contributed by atoms with van der Waals surface area (Å²) in [6.45, 7) is 3.89. The molecule has 0 aromatic carbocycles. The monoisotopic (exact) mass is 439 g/mol. The Morgan fingerprint density at radius 1 is 0.667 bits per heavy atom. The van der Waals surface area contributed by atoms with Gasteiger partial charge in [-0.25, -0.2) is 24.9 Å². The van der Waals surface area contributed by atoms with E-state index in [0.717, 1.165) is 16.8 Å². The standard InChI is InChI=1S/C15H13N5.2BF4/c1-10-9-13(5-8-17-10)15-19-11(2)18-14(20-15)12-3-6-16-7-4-12;2*2-1(3,4)5/h3-9H,1-2H3;;/q;2*-1/p+2. The molecule has 3 aromatic heterocycles. The summed E-state index contributed by atoms with van der Waals surface area (Å²) in [5, 5.41) is 0. The molecule has 0 aliphatic rings. The number of rotatable bonds is 2. The van der Waals surface area contributed by atoms with Gasteiger partial charge in [0, 0.05) is 42.3 Å². The fourth-order valence-corrected chi connectivity index (χ4v) is 2.00. The molecule has 0 spiro atoms. The number of hydrogen-bond donors (Lipinski definition) is 0. The van der Waals surface area contributed by atoms with Gasteiger partial charge in [-0.15, -0.1) is 0 Å². The molecule has 3 aromatic rings. The first-order chi connectivity index (χ1) is 13.7. The molecule has 0 saturated carbocycles. The van der Waals surface area contributed by atoms with Crippen LogP contribution in [0, 0.1) is 13.8 Å². The van der Waals surface area contributed by atoms with E-state index in [2.05, 4.69) is 24.9 Å². The second-order valence-corrected chi connectivity index (χ2v) is 5.57. The van der Waals surface area contributed by atoms with Crippen LogP contribution in [0.2, 0.25) is 0 Å². The molecule has 0 unspecified atom stereocenters. The predicted molar refractivity (Wildman–Crippen MR) is 93.7 cm³/mol. The van der Waals surface area contributed by atoms with Gasteiger partial charge >= 0.3 is 14.5 Å². The maximum absolute atomic E-state index is 9.75. The summed E-state index contributed by atoms with van der Waals surface area (Å²) in [5.74, 6) is 2.09.